The molecule has 3 aromatic rings. The first-order chi connectivity index (χ1) is 12.2. The SMILES string of the molecule is CC1CCCCC1NC(=O)Cc1csc2nc(-c3ccccc3)cn12. The average molecular weight is 353 g/mol. The third kappa shape index (κ3) is 3.47. The van der Waals surface area contributed by atoms with Gasteiger partial charge in [0.25, 0.3) is 0 Å². The van der Waals surface area contributed by atoms with Gasteiger partial charge in [0.2, 0.25) is 5.91 Å². The molecule has 1 N–H and O–H groups in total. The summed E-state index contributed by atoms with van der Waals surface area (Å²) in [4.78, 5) is 18.1. The quantitative estimate of drug-likeness (QED) is 0.760. The number of hydrogen-bond donors (Lipinski definition) is 1. The maximum Gasteiger partial charge on any atom is 0.226 e. The molecular formula is C20H23N3OS. The molecule has 0 spiro atoms. The molecule has 2 aromatic heterocycles. The highest BCUT2D eigenvalue weighted by atomic mass is 32.1. The van der Waals surface area contributed by atoms with Crippen LogP contribution in [0.2, 0.25) is 0 Å². The van der Waals surface area contributed by atoms with Crippen molar-refractivity contribution in [2.45, 2.75) is 45.1 Å². The lowest BCUT2D eigenvalue weighted by Gasteiger charge is -2.29. The summed E-state index contributed by atoms with van der Waals surface area (Å²) in [7, 11) is 0. The summed E-state index contributed by atoms with van der Waals surface area (Å²) in [5.74, 6) is 0.700. The van der Waals surface area contributed by atoms with Crippen molar-refractivity contribution >= 4 is 22.2 Å². The molecule has 1 saturated carbocycles. The Bertz CT molecular complexity index is 868. The summed E-state index contributed by atoms with van der Waals surface area (Å²) in [5, 5.41) is 5.28. The lowest BCUT2D eigenvalue weighted by atomic mass is 9.86. The number of aromatic nitrogens is 2. The minimum atomic E-state index is 0.119. The van der Waals surface area contributed by atoms with Crippen molar-refractivity contribution in [3.63, 3.8) is 0 Å². The zero-order valence-electron chi connectivity index (χ0n) is 14.4. The monoisotopic (exact) mass is 353 g/mol. The van der Waals surface area contributed by atoms with E-state index in [2.05, 4.69) is 33.8 Å². The number of rotatable bonds is 4. The second-order valence-electron chi connectivity index (χ2n) is 6.98. The Hall–Kier alpha value is -2.14. The molecule has 1 aliphatic carbocycles. The number of fused-ring (bicyclic) bond motifs is 1. The molecule has 4 rings (SSSR count). The van der Waals surface area contributed by atoms with E-state index >= 15 is 0 Å². The molecule has 2 unspecified atom stereocenters. The Morgan fingerprint density at radius 2 is 2.08 bits per heavy atom. The number of imidazole rings is 1. The Kier molecular flexibility index (Phi) is 4.57. The van der Waals surface area contributed by atoms with Crippen molar-refractivity contribution in [1.29, 1.82) is 0 Å². The largest absolute Gasteiger partial charge is 0.353 e. The van der Waals surface area contributed by atoms with E-state index in [1.807, 2.05) is 29.8 Å². The normalized spacial score (nSPS) is 20.7. The molecule has 1 amide bonds. The summed E-state index contributed by atoms with van der Waals surface area (Å²) in [6, 6.07) is 10.5. The summed E-state index contributed by atoms with van der Waals surface area (Å²) in [6.45, 7) is 2.24. The highest BCUT2D eigenvalue weighted by Crippen LogP contribution is 2.25. The van der Waals surface area contributed by atoms with Gasteiger partial charge in [0.05, 0.1) is 12.1 Å². The van der Waals surface area contributed by atoms with E-state index in [1.54, 1.807) is 11.3 Å². The zero-order valence-corrected chi connectivity index (χ0v) is 15.3. The van der Waals surface area contributed by atoms with Gasteiger partial charge in [-0.05, 0) is 18.8 Å². The fraction of sp³-hybridized carbons (Fsp3) is 0.400. The number of thiazole rings is 1. The standard InChI is InChI=1S/C20H23N3OS/c1-14-7-5-6-10-17(14)21-19(24)11-16-13-25-20-22-18(12-23(16)20)15-8-3-2-4-9-15/h2-4,8-9,12-14,17H,5-7,10-11H2,1H3,(H,21,24). The summed E-state index contributed by atoms with van der Waals surface area (Å²) >= 11 is 1.59. The molecule has 2 atom stereocenters. The molecule has 0 bridgehead atoms. The fourth-order valence-corrected chi connectivity index (χ4v) is 4.53. The molecule has 2 heterocycles. The number of hydrogen-bond acceptors (Lipinski definition) is 3. The second-order valence-corrected chi connectivity index (χ2v) is 7.82. The maximum absolute atomic E-state index is 12.5. The van der Waals surface area contributed by atoms with Crippen LogP contribution in [0.3, 0.4) is 0 Å². The smallest absolute Gasteiger partial charge is 0.226 e. The Balaban J connectivity index is 1.49. The minimum Gasteiger partial charge on any atom is -0.353 e. The molecule has 25 heavy (non-hydrogen) atoms. The number of nitrogens with zero attached hydrogens (tertiary/aromatic N) is 2. The zero-order chi connectivity index (χ0) is 17.2. The lowest BCUT2D eigenvalue weighted by molar-refractivity contribution is -0.121. The van der Waals surface area contributed by atoms with Crippen molar-refractivity contribution < 1.29 is 4.79 Å². The Labute approximate surface area is 151 Å². The van der Waals surface area contributed by atoms with E-state index in [1.165, 1.54) is 19.3 Å². The number of carbonyl (C=O) groups is 1. The van der Waals surface area contributed by atoms with Gasteiger partial charge in [0.1, 0.15) is 0 Å². The van der Waals surface area contributed by atoms with Gasteiger partial charge in [-0.1, -0.05) is 50.1 Å². The molecule has 130 valence electrons. The maximum atomic E-state index is 12.5. The van der Waals surface area contributed by atoms with Crippen LogP contribution < -0.4 is 5.32 Å². The predicted molar refractivity (Wildman–Crippen MR) is 102 cm³/mol. The Morgan fingerprint density at radius 3 is 2.88 bits per heavy atom. The van der Waals surface area contributed by atoms with Crippen LogP contribution in [0.4, 0.5) is 0 Å². The molecule has 1 aromatic carbocycles. The summed E-state index contributed by atoms with van der Waals surface area (Å²) in [5.41, 5.74) is 3.07. The third-order valence-corrected chi connectivity index (χ3v) is 6.04. The van der Waals surface area contributed by atoms with Gasteiger partial charge in [-0.2, -0.15) is 0 Å². The van der Waals surface area contributed by atoms with Crippen LogP contribution in [0, 0.1) is 5.92 Å². The van der Waals surface area contributed by atoms with Crippen molar-refractivity contribution in [1.82, 2.24) is 14.7 Å². The van der Waals surface area contributed by atoms with E-state index in [9.17, 15) is 4.79 Å². The molecule has 0 saturated heterocycles. The van der Waals surface area contributed by atoms with Gasteiger partial charge in [0, 0.05) is 28.9 Å². The number of benzene rings is 1. The second kappa shape index (κ2) is 7.00. The average Bonchev–Trinajstić information content (AvgIpc) is 3.20. The molecule has 5 heteroatoms. The molecular weight excluding hydrogens is 330 g/mol. The molecule has 1 aliphatic rings. The van der Waals surface area contributed by atoms with E-state index in [4.69, 9.17) is 0 Å². The number of nitrogens with one attached hydrogen (secondary N) is 1. The predicted octanol–water partition coefficient (Wildman–Crippen LogP) is 4.30. The van der Waals surface area contributed by atoms with Gasteiger partial charge in [-0.25, -0.2) is 4.98 Å². The van der Waals surface area contributed by atoms with Gasteiger partial charge in [-0.3, -0.25) is 9.20 Å². The van der Waals surface area contributed by atoms with E-state index < -0.39 is 0 Å². The van der Waals surface area contributed by atoms with Crippen molar-refractivity contribution in [2.75, 3.05) is 0 Å². The lowest BCUT2D eigenvalue weighted by Crippen LogP contribution is -2.41. The minimum absolute atomic E-state index is 0.119. The van der Waals surface area contributed by atoms with Gasteiger partial charge < -0.3 is 5.32 Å². The van der Waals surface area contributed by atoms with Crippen LogP contribution in [0.15, 0.2) is 41.9 Å². The van der Waals surface area contributed by atoms with Gasteiger partial charge >= 0.3 is 0 Å². The Morgan fingerprint density at radius 1 is 1.28 bits per heavy atom. The third-order valence-electron chi connectivity index (χ3n) is 5.15. The molecule has 1 fully saturated rings. The van der Waals surface area contributed by atoms with Crippen molar-refractivity contribution in [3.05, 3.63) is 47.6 Å². The highest BCUT2D eigenvalue weighted by molar-refractivity contribution is 7.15. The first-order valence-electron chi connectivity index (χ1n) is 9.01. The number of amides is 1. The van der Waals surface area contributed by atoms with Crippen LogP contribution in [0.5, 0.6) is 0 Å². The van der Waals surface area contributed by atoms with Crippen LogP contribution in [0.25, 0.3) is 16.2 Å². The summed E-state index contributed by atoms with van der Waals surface area (Å²) in [6.07, 6.45) is 7.28. The molecule has 0 aliphatic heterocycles. The molecule has 0 radical (unpaired) electrons. The van der Waals surface area contributed by atoms with E-state index in [0.29, 0.717) is 18.4 Å². The molecule has 4 nitrogen and oxygen atoms in total. The van der Waals surface area contributed by atoms with Crippen LogP contribution in [-0.2, 0) is 11.2 Å². The topological polar surface area (TPSA) is 46.4 Å². The van der Waals surface area contributed by atoms with E-state index in [0.717, 1.165) is 28.3 Å². The summed E-state index contributed by atoms with van der Waals surface area (Å²) < 4.78 is 2.05. The fourth-order valence-electron chi connectivity index (χ4n) is 3.66. The van der Waals surface area contributed by atoms with Crippen molar-refractivity contribution in [2.24, 2.45) is 5.92 Å². The van der Waals surface area contributed by atoms with Crippen LogP contribution >= 0.6 is 11.3 Å². The first kappa shape index (κ1) is 16.3. The first-order valence-corrected chi connectivity index (χ1v) is 9.89. The van der Waals surface area contributed by atoms with Gasteiger partial charge in [0.15, 0.2) is 4.96 Å². The number of carbonyl (C=O) groups excluding carboxylic acids is 1. The van der Waals surface area contributed by atoms with Crippen LogP contribution in [-0.4, -0.2) is 21.3 Å². The van der Waals surface area contributed by atoms with E-state index in [-0.39, 0.29) is 5.91 Å². The highest BCUT2D eigenvalue weighted by Gasteiger charge is 2.23. The van der Waals surface area contributed by atoms with Crippen molar-refractivity contribution in [3.8, 4) is 11.3 Å². The van der Waals surface area contributed by atoms with Gasteiger partial charge in [-0.15, -0.1) is 11.3 Å². The van der Waals surface area contributed by atoms with Crippen LogP contribution in [0.1, 0.15) is 38.3 Å².